The van der Waals surface area contributed by atoms with Gasteiger partial charge in [-0.25, -0.2) is 9.38 Å². The molecule has 0 radical (unpaired) electrons. The Morgan fingerprint density at radius 1 is 1.03 bits per heavy atom. The van der Waals surface area contributed by atoms with Crippen LogP contribution in [0.15, 0.2) is 76.3 Å². The second kappa shape index (κ2) is 12.0. The number of guanidine groups is 1. The zero-order chi connectivity index (χ0) is 20.5. The summed E-state index contributed by atoms with van der Waals surface area (Å²) in [6.45, 7) is 3.45. The molecule has 1 aromatic heterocycles. The molecule has 0 bridgehead atoms. The second-order valence-corrected chi connectivity index (χ2v) is 6.27. The summed E-state index contributed by atoms with van der Waals surface area (Å²) >= 11 is 0. The van der Waals surface area contributed by atoms with Crippen molar-refractivity contribution in [3.8, 4) is 0 Å². The van der Waals surface area contributed by atoms with Crippen LogP contribution in [0.3, 0.4) is 0 Å². The van der Waals surface area contributed by atoms with Crippen molar-refractivity contribution in [3.05, 3.63) is 89.6 Å². The van der Waals surface area contributed by atoms with Gasteiger partial charge in [-0.05, 0) is 42.8 Å². The molecule has 3 rings (SSSR count). The van der Waals surface area contributed by atoms with Crippen LogP contribution < -0.4 is 16.0 Å². The number of aliphatic imine (C=N–C) groups is 1. The van der Waals surface area contributed by atoms with Crippen molar-refractivity contribution in [1.29, 1.82) is 0 Å². The quantitative estimate of drug-likeness (QED) is 0.242. The lowest BCUT2D eigenvalue weighted by Gasteiger charge is -2.12. The zero-order valence-electron chi connectivity index (χ0n) is 16.5. The Hall–Kier alpha value is -2.88. The van der Waals surface area contributed by atoms with E-state index in [1.54, 1.807) is 30.3 Å². The van der Waals surface area contributed by atoms with Gasteiger partial charge in [-0.15, -0.1) is 24.0 Å². The maximum Gasteiger partial charge on any atom is 0.291 e. The largest absolute Gasteiger partial charge is 0.459 e. The number of anilines is 1. The first-order valence-electron chi connectivity index (χ1n) is 9.35. The average molecular weight is 522 g/mol. The van der Waals surface area contributed by atoms with Crippen molar-refractivity contribution in [2.75, 3.05) is 11.9 Å². The first-order valence-corrected chi connectivity index (χ1v) is 9.35. The molecule has 3 aromatic rings. The van der Waals surface area contributed by atoms with Gasteiger partial charge in [-0.1, -0.05) is 30.3 Å². The minimum absolute atomic E-state index is 0. The van der Waals surface area contributed by atoms with Crippen LogP contribution in [-0.4, -0.2) is 18.4 Å². The van der Waals surface area contributed by atoms with Gasteiger partial charge in [0.1, 0.15) is 5.82 Å². The van der Waals surface area contributed by atoms with Crippen LogP contribution in [0.2, 0.25) is 0 Å². The van der Waals surface area contributed by atoms with E-state index in [0.29, 0.717) is 36.8 Å². The molecule has 0 unspecified atom stereocenters. The fourth-order valence-electron chi connectivity index (χ4n) is 2.63. The lowest BCUT2D eigenvalue weighted by molar-refractivity contribution is 0.0996. The smallest absolute Gasteiger partial charge is 0.291 e. The third-order valence-corrected chi connectivity index (χ3v) is 4.12. The van der Waals surface area contributed by atoms with Crippen LogP contribution in [-0.2, 0) is 13.1 Å². The zero-order valence-corrected chi connectivity index (χ0v) is 18.9. The van der Waals surface area contributed by atoms with Gasteiger partial charge < -0.3 is 20.4 Å². The Bertz CT molecular complexity index is 960. The van der Waals surface area contributed by atoms with Gasteiger partial charge in [0.05, 0.1) is 12.8 Å². The van der Waals surface area contributed by atoms with E-state index < -0.39 is 0 Å². The number of furan rings is 1. The molecule has 158 valence electrons. The highest BCUT2D eigenvalue weighted by molar-refractivity contribution is 14.0. The van der Waals surface area contributed by atoms with Crippen LogP contribution in [0.25, 0.3) is 0 Å². The molecule has 30 heavy (non-hydrogen) atoms. The number of nitrogens with one attached hydrogen (secondary N) is 3. The highest BCUT2D eigenvalue weighted by Crippen LogP contribution is 2.12. The molecule has 0 saturated heterocycles. The number of amides is 1. The van der Waals surface area contributed by atoms with E-state index in [-0.39, 0.29) is 41.5 Å². The highest BCUT2D eigenvalue weighted by atomic mass is 127. The molecule has 0 atom stereocenters. The van der Waals surface area contributed by atoms with E-state index in [1.165, 1.54) is 12.3 Å². The van der Waals surface area contributed by atoms with E-state index in [1.807, 2.05) is 31.2 Å². The minimum atomic E-state index is -0.299. The number of halogens is 2. The molecule has 2 aromatic carbocycles. The molecule has 0 aliphatic rings. The molecule has 0 saturated carbocycles. The molecule has 0 fully saturated rings. The lowest BCUT2D eigenvalue weighted by Crippen LogP contribution is -2.37. The Labute approximate surface area is 192 Å². The van der Waals surface area contributed by atoms with Gasteiger partial charge in [-0.3, -0.25) is 4.79 Å². The Kier molecular flexibility index (Phi) is 9.33. The van der Waals surface area contributed by atoms with E-state index in [2.05, 4.69) is 20.9 Å². The van der Waals surface area contributed by atoms with Crippen molar-refractivity contribution in [2.45, 2.75) is 20.0 Å². The average Bonchev–Trinajstić information content (AvgIpc) is 3.27. The Morgan fingerprint density at radius 3 is 2.47 bits per heavy atom. The van der Waals surface area contributed by atoms with Gasteiger partial charge in [-0.2, -0.15) is 0 Å². The van der Waals surface area contributed by atoms with Crippen LogP contribution in [0.4, 0.5) is 10.1 Å². The SMILES string of the molecule is CCNC(=NCc1ccc(NC(=O)c2ccco2)cc1)NCc1ccccc1F.I. The van der Waals surface area contributed by atoms with Crippen LogP contribution in [0, 0.1) is 5.82 Å². The third kappa shape index (κ3) is 6.87. The van der Waals surface area contributed by atoms with Gasteiger partial charge in [0.2, 0.25) is 0 Å². The van der Waals surface area contributed by atoms with Gasteiger partial charge in [0.25, 0.3) is 5.91 Å². The van der Waals surface area contributed by atoms with E-state index in [9.17, 15) is 9.18 Å². The molecule has 1 heterocycles. The second-order valence-electron chi connectivity index (χ2n) is 6.27. The normalized spacial score (nSPS) is 10.8. The number of carbonyl (C=O) groups is 1. The fourth-order valence-corrected chi connectivity index (χ4v) is 2.63. The first kappa shape index (κ1) is 23.4. The molecule has 0 spiro atoms. The van der Waals surface area contributed by atoms with Crippen molar-refractivity contribution >= 4 is 41.5 Å². The van der Waals surface area contributed by atoms with Crippen LogP contribution >= 0.6 is 24.0 Å². The molecular weight excluding hydrogens is 498 g/mol. The molecule has 0 aliphatic heterocycles. The molecule has 3 N–H and O–H groups in total. The van der Waals surface area contributed by atoms with Gasteiger partial charge in [0.15, 0.2) is 11.7 Å². The highest BCUT2D eigenvalue weighted by Gasteiger charge is 2.08. The van der Waals surface area contributed by atoms with Crippen LogP contribution in [0.5, 0.6) is 0 Å². The topological polar surface area (TPSA) is 78.7 Å². The van der Waals surface area contributed by atoms with Crippen molar-refractivity contribution in [2.24, 2.45) is 4.99 Å². The van der Waals surface area contributed by atoms with Gasteiger partial charge in [0, 0.05) is 24.3 Å². The lowest BCUT2D eigenvalue weighted by atomic mass is 10.2. The number of nitrogens with zero attached hydrogens (tertiary/aromatic N) is 1. The maximum atomic E-state index is 13.8. The summed E-state index contributed by atoms with van der Waals surface area (Å²) in [5.41, 5.74) is 2.22. The van der Waals surface area contributed by atoms with Crippen molar-refractivity contribution < 1.29 is 13.6 Å². The molecule has 0 aliphatic carbocycles. The number of rotatable bonds is 7. The first-order chi connectivity index (χ1) is 14.2. The van der Waals surface area contributed by atoms with Crippen molar-refractivity contribution in [1.82, 2.24) is 10.6 Å². The predicted octanol–water partition coefficient (Wildman–Crippen LogP) is 4.54. The van der Waals surface area contributed by atoms with Gasteiger partial charge >= 0.3 is 0 Å². The minimum Gasteiger partial charge on any atom is -0.459 e. The van der Waals surface area contributed by atoms with Crippen LogP contribution in [0.1, 0.15) is 28.6 Å². The van der Waals surface area contributed by atoms with E-state index in [0.717, 1.165) is 5.56 Å². The number of hydrogen-bond acceptors (Lipinski definition) is 3. The summed E-state index contributed by atoms with van der Waals surface area (Å²) in [5.74, 6) is 0.316. The maximum absolute atomic E-state index is 13.8. The number of hydrogen-bond donors (Lipinski definition) is 3. The summed E-state index contributed by atoms with van der Waals surface area (Å²) in [6, 6.07) is 17.3. The van der Waals surface area contributed by atoms with E-state index >= 15 is 0 Å². The summed E-state index contributed by atoms with van der Waals surface area (Å²) in [6.07, 6.45) is 1.46. The molecule has 8 heteroatoms. The monoisotopic (exact) mass is 522 g/mol. The Balaban J connectivity index is 0.00000320. The fraction of sp³-hybridized carbons (Fsp3) is 0.182. The molecule has 6 nitrogen and oxygen atoms in total. The van der Waals surface area contributed by atoms with Crippen molar-refractivity contribution in [3.63, 3.8) is 0 Å². The molecule has 1 amide bonds. The van der Waals surface area contributed by atoms with E-state index in [4.69, 9.17) is 4.42 Å². The summed E-state index contributed by atoms with van der Waals surface area (Å²) in [7, 11) is 0. The summed E-state index contributed by atoms with van der Waals surface area (Å²) in [5, 5.41) is 9.05. The third-order valence-electron chi connectivity index (χ3n) is 4.12. The molecular formula is C22H24FIN4O2. The summed E-state index contributed by atoms with van der Waals surface area (Å²) in [4.78, 5) is 16.5. The Morgan fingerprint density at radius 2 is 1.80 bits per heavy atom. The standard InChI is InChI=1S/C22H23FN4O2.HI/c1-2-24-22(26-15-17-6-3-4-7-19(17)23)25-14-16-9-11-18(12-10-16)27-21(28)20-8-5-13-29-20;/h3-13H,2,14-15H2,1H3,(H,27,28)(H2,24,25,26);1H. The number of benzene rings is 2. The predicted molar refractivity (Wildman–Crippen MR) is 127 cm³/mol. The summed E-state index contributed by atoms with van der Waals surface area (Å²) < 4.78 is 18.8. The number of carbonyl (C=O) groups excluding carboxylic acids is 1.